The lowest BCUT2D eigenvalue weighted by Gasteiger charge is -2.37. The van der Waals surface area contributed by atoms with Crippen LogP contribution in [0.25, 0.3) is 0 Å². The molecule has 0 spiro atoms. The molecule has 0 unspecified atom stereocenters. The largest absolute Gasteiger partial charge is 0.319 e. The van der Waals surface area contributed by atoms with E-state index in [-0.39, 0.29) is 0 Å². The SMILES string of the molecule is O=Cc1cccc(C(c2ccccc2)(c2ccccc2)n2ccnc2)c1. The Kier molecular flexibility index (Phi) is 4.20. The number of nitrogens with zero attached hydrogens (tertiary/aromatic N) is 2. The fourth-order valence-corrected chi connectivity index (χ4v) is 3.60. The molecular formula is C23H18N2O. The van der Waals surface area contributed by atoms with Gasteiger partial charge in [-0.25, -0.2) is 4.98 Å². The highest BCUT2D eigenvalue weighted by atomic mass is 16.1. The Bertz CT molecular complexity index is 953. The molecule has 3 nitrogen and oxygen atoms in total. The predicted molar refractivity (Wildman–Crippen MR) is 102 cm³/mol. The summed E-state index contributed by atoms with van der Waals surface area (Å²) in [4.78, 5) is 15.7. The van der Waals surface area contributed by atoms with E-state index < -0.39 is 5.54 Å². The number of rotatable bonds is 5. The zero-order valence-corrected chi connectivity index (χ0v) is 14.2. The minimum atomic E-state index is -0.613. The molecular weight excluding hydrogens is 320 g/mol. The molecule has 0 amide bonds. The van der Waals surface area contributed by atoms with Gasteiger partial charge in [-0.2, -0.15) is 0 Å². The lowest BCUT2D eigenvalue weighted by Crippen LogP contribution is -2.37. The Hall–Kier alpha value is -3.46. The average Bonchev–Trinajstić information content (AvgIpc) is 3.25. The summed E-state index contributed by atoms with van der Waals surface area (Å²) in [7, 11) is 0. The van der Waals surface area contributed by atoms with Gasteiger partial charge in [0.25, 0.3) is 0 Å². The average molecular weight is 338 g/mol. The van der Waals surface area contributed by atoms with Gasteiger partial charge in [0.2, 0.25) is 0 Å². The van der Waals surface area contributed by atoms with Gasteiger partial charge in [-0.3, -0.25) is 4.79 Å². The summed E-state index contributed by atoms with van der Waals surface area (Å²) in [6.07, 6.45) is 6.46. The van der Waals surface area contributed by atoms with E-state index in [0.29, 0.717) is 5.56 Å². The molecule has 3 heteroatoms. The standard InChI is InChI=1S/C23H18N2O/c26-17-19-8-7-13-22(16-19)23(25-15-14-24-18-25,20-9-3-1-4-10-20)21-11-5-2-6-12-21/h1-18H. The summed E-state index contributed by atoms with van der Waals surface area (Å²) in [6, 6.07) is 28.4. The molecule has 4 rings (SSSR count). The topological polar surface area (TPSA) is 34.9 Å². The van der Waals surface area contributed by atoms with Gasteiger partial charge in [0.05, 0.1) is 6.33 Å². The molecule has 26 heavy (non-hydrogen) atoms. The monoisotopic (exact) mass is 338 g/mol. The van der Waals surface area contributed by atoms with E-state index >= 15 is 0 Å². The van der Waals surface area contributed by atoms with Crippen LogP contribution in [0.15, 0.2) is 104 Å². The van der Waals surface area contributed by atoms with Crippen molar-refractivity contribution in [2.45, 2.75) is 5.54 Å². The van der Waals surface area contributed by atoms with E-state index in [1.165, 1.54) is 0 Å². The maximum atomic E-state index is 11.4. The maximum absolute atomic E-state index is 11.4. The minimum Gasteiger partial charge on any atom is -0.319 e. The number of aldehydes is 1. The van der Waals surface area contributed by atoms with Crippen LogP contribution in [0.3, 0.4) is 0 Å². The van der Waals surface area contributed by atoms with Crippen LogP contribution < -0.4 is 0 Å². The van der Waals surface area contributed by atoms with Gasteiger partial charge in [-0.15, -0.1) is 0 Å². The Balaban J connectivity index is 2.13. The molecule has 1 heterocycles. The van der Waals surface area contributed by atoms with Crippen LogP contribution in [0.1, 0.15) is 27.0 Å². The molecule has 0 N–H and O–H groups in total. The van der Waals surface area contributed by atoms with Crippen LogP contribution in [0, 0.1) is 0 Å². The van der Waals surface area contributed by atoms with Crippen LogP contribution in [-0.2, 0) is 5.54 Å². The quantitative estimate of drug-likeness (QED) is 0.396. The first-order valence-electron chi connectivity index (χ1n) is 8.51. The Labute approximate surface area is 152 Å². The molecule has 0 atom stereocenters. The molecule has 0 bridgehead atoms. The van der Waals surface area contributed by atoms with Gasteiger partial charge in [-0.1, -0.05) is 78.9 Å². The smallest absolute Gasteiger partial charge is 0.150 e. The van der Waals surface area contributed by atoms with Gasteiger partial charge < -0.3 is 4.57 Å². The summed E-state index contributed by atoms with van der Waals surface area (Å²) < 4.78 is 2.10. The first-order chi connectivity index (χ1) is 12.9. The number of carbonyl (C=O) groups is 1. The van der Waals surface area contributed by atoms with Gasteiger partial charge in [0, 0.05) is 18.0 Å². The Morgan fingerprint density at radius 1 is 0.769 bits per heavy atom. The van der Waals surface area contributed by atoms with Crippen molar-refractivity contribution in [1.82, 2.24) is 9.55 Å². The molecule has 0 aliphatic heterocycles. The predicted octanol–water partition coefficient (Wildman–Crippen LogP) is 4.54. The molecule has 0 aliphatic carbocycles. The molecule has 1 aromatic heterocycles. The van der Waals surface area contributed by atoms with Crippen molar-refractivity contribution < 1.29 is 4.79 Å². The second kappa shape index (κ2) is 6.81. The normalized spacial score (nSPS) is 11.2. The van der Waals surface area contributed by atoms with E-state index in [2.05, 4.69) is 39.9 Å². The summed E-state index contributed by atoms with van der Waals surface area (Å²) >= 11 is 0. The number of benzene rings is 3. The summed E-state index contributed by atoms with van der Waals surface area (Å²) in [5.41, 5.74) is 3.26. The molecule has 0 radical (unpaired) electrons. The van der Waals surface area contributed by atoms with Crippen molar-refractivity contribution >= 4 is 6.29 Å². The summed E-state index contributed by atoms with van der Waals surface area (Å²) in [5, 5.41) is 0. The molecule has 0 saturated heterocycles. The highest BCUT2D eigenvalue weighted by Gasteiger charge is 2.38. The Morgan fingerprint density at radius 2 is 1.38 bits per heavy atom. The van der Waals surface area contributed by atoms with E-state index in [0.717, 1.165) is 23.0 Å². The number of imidazole rings is 1. The van der Waals surface area contributed by atoms with E-state index in [4.69, 9.17) is 0 Å². The van der Waals surface area contributed by atoms with Crippen LogP contribution in [0.4, 0.5) is 0 Å². The third kappa shape index (κ3) is 2.54. The lowest BCUT2D eigenvalue weighted by molar-refractivity contribution is 0.112. The van der Waals surface area contributed by atoms with Crippen LogP contribution in [-0.4, -0.2) is 15.8 Å². The molecule has 4 aromatic rings. The van der Waals surface area contributed by atoms with Crippen molar-refractivity contribution in [3.05, 3.63) is 126 Å². The summed E-state index contributed by atoms with van der Waals surface area (Å²) in [6.45, 7) is 0. The van der Waals surface area contributed by atoms with Crippen molar-refractivity contribution in [2.75, 3.05) is 0 Å². The molecule has 0 aliphatic rings. The second-order valence-corrected chi connectivity index (χ2v) is 6.16. The summed E-state index contributed by atoms with van der Waals surface area (Å²) in [5.74, 6) is 0. The third-order valence-corrected chi connectivity index (χ3v) is 4.72. The number of aromatic nitrogens is 2. The molecule has 126 valence electrons. The zero-order chi connectivity index (χ0) is 17.8. The van der Waals surface area contributed by atoms with E-state index in [1.807, 2.05) is 67.1 Å². The second-order valence-electron chi connectivity index (χ2n) is 6.16. The molecule has 3 aromatic carbocycles. The highest BCUT2D eigenvalue weighted by molar-refractivity contribution is 5.75. The first kappa shape index (κ1) is 16.0. The van der Waals surface area contributed by atoms with E-state index in [9.17, 15) is 4.79 Å². The fraction of sp³-hybridized carbons (Fsp3) is 0.0435. The molecule has 0 saturated carbocycles. The zero-order valence-electron chi connectivity index (χ0n) is 14.2. The van der Waals surface area contributed by atoms with Crippen molar-refractivity contribution in [3.63, 3.8) is 0 Å². The number of hydrogen-bond acceptors (Lipinski definition) is 2. The lowest BCUT2D eigenvalue weighted by atomic mass is 9.76. The fourth-order valence-electron chi connectivity index (χ4n) is 3.60. The number of carbonyl (C=O) groups excluding carboxylic acids is 1. The molecule has 0 fully saturated rings. The first-order valence-corrected chi connectivity index (χ1v) is 8.51. The number of hydrogen-bond donors (Lipinski definition) is 0. The Morgan fingerprint density at radius 3 is 1.92 bits per heavy atom. The van der Waals surface area contributed by atoms with E-state index in [1.54, 1.807) is 6.20 Å². The van der Waals surface area contributed by atoms with Gasteiger partial charge >= 0.3 is 0 Å². The van der Waals surface area contributed by atoms with Crippen LogP contribution in [0.2, 0.25) is 0 Å². The van der Waals surface area contributed by atoms with Gasteiger partial charge in [0.15, 0.2) is 0 Å². The maximum Gasteiger partial charge on any atom is 0.150 e. The van der Waals surface area contributed by atoms with Crippen LogP contribution >= 0.6 is 0 Å². The van der Waals surface area contributed by atoms with Crippen LogP contribution in [0.5, 0.6) is 0 Å². The van der Waals surface area contributed by atoms with Gasteiger partial charge in [-0.05, 0) is 22.8 Å². The van der Waals surface area contributed by atoms with Crippen molar-refractivity contribution in [2.24, 2.45) is 0 Å². The minimum absolute atomic E-state index is 0.613. The highest BCUT2D eigenvalue weighted by Crippen LogP contribution is 2.40. The van der Waals surface area contributed by atoms with Crippen molar-refractivity contribution in [1.29, 1.82) is 0 Å². The van der Waals surface area contributed by atoms with Gasteiger partial charge in [0.1, 0.15) is 11.8 Å². The third-order valence-electron chi connectivity index (χ3n) is 4.72. The van der Waals surface area contributed by atoms with Crippen molar-refractivity contribution in [3.8, 4) is 0 Å².